The van der Waals surface area contributed by atoms with Crippen LogP contribution in [0.1, 0.15) is 16.7 Å². The minimum Gasteiger partial charge on any atom is -0.357 e. The first kappa shape index (κ1) is 13.9. The Kier molecular flexibility index (Phi) is 3.65. The van der Waals surface area contributed by atoms with E-state index in [0.717, 1.165) is 22.3 Å². The summed E-state index contributed by atoms with van der Waals surface area (Å²) in [6.45, 7) is 5.91. The maximum atomic E-state index is 11.2. The zero-order valence-corrected chi connectivity index (χ0v) is 11.9. The Balaban J connectivity index is 2.73. The topological polar surface area (TPSA) is 81.0 Å². The standard InChI is InChI=1S/C14H16N4O2/c1-8-5-10(3)11(6-9(8)2)13-12(18(19)20)7-16-14(15-4)17-13/h5-7H,1-4H3,(H,15,16,17). The van der Waals surface area contributed by atoms with E-state index in [9.17, 15) is 10.1 Å². The molecule has 0 aliphatic heterocycles. The number of nitrogens with one attached hydrogen (secondary N) is 1. The highest BCUT2D eigenvalue weighted by molar-refractivity contribution is 5.73. The summed E-state index contributed by atoms with van der Waals surface area (Å²) < 4.78 is 0. The van der Waals surface area contributed by atoms with Crippen LogP contribution in [-0.4, -0.2) is 21.9 Å². The van der Waals surface area contributed by atoms with Gasteiger partial charge in [-0.05, 0) is 43.5 Å². The van der Waals surface area contributed by atoms with Crippen molar-refractivity contribution in [1.29, 1.82) is 0 Å². The molecule has 0 spiro atoms. The molecule has 104 valence electrons. The van der Waals surface area contributed by atoms with Crippen molar-refractivity contribution in [2.24, 2.45) is 0 Å². The molecule has 0 fully saturated rings. The summed E-state index contributed by atoms with van der Waals surface area (Å²) >= 11 is 0. The fraction of sp³-hybridized carbons (Fsp3) is 0.286. The highest BCUT2D eigenvalue weighted by atomic mass is 16.6. The number of hydrogen-bond donors (Lipinski definition) is 1. The second kappa shape index (κ2) is 5.24. The van der Waals surface area contributed by atoms with Gasteiger partial charge in [-0.15, -0.1) is 0 Å². The molecule has 0 radical (unpaired) electrons. The van der Waals surface area contributed by atoms with Gasteiger partial charge in [0.2, 0.25) is 5.95 Å². The summed E-state index contributed by atoms with van der Waals surface area (Å²) in [5, 5.41) is 14.0. The largest absolute Gasteiger partial charge is 0.357 e. The minimum absolute atomic E-state index is 0.0876. The van der Waals surface area contributed by atoms with Crippen LogP contribution in [0, 0.1) is 30.9 Å². The minimum atomic E-state index is -0.455. The molecule has 0 aliphatic rings. The van der Waals surface area contributed by atoms with Gasteiger partial charge in [0.15, 0.2) is 5.69 Å². The maximum absolute atomic E-state index is 11.2. The molecule has 1 N–H and O–H groups in total. The van der Waals surface area contributed by atoms with Crippen LogP contribution >= 0.6 is 0 Å². The van der Waals surface area contributed by atoms with E-state index in [1.165, 1.54) is 6.20 Å². The van der Waals surface area contributed by atoms with E-state index in [1.807, 2.05) is 32.9 Å². The van der Waals surface area contributed by atoms with Crippen molar-refractivity contribution < 1.29 is 4.92 Å². The number of hydrogen-bond acceptors (Lipinski definition) is 5. The van der Waals surface area contributed by atoms with Gasteiger partial charge in [0.1, 0.15) is 6.20 Å². The zero-order valence-electron chi connectivity index (χ0n) is 11.9. The molecule has 6 heteroatoms. The number of aryl methyl sites for hydroxylation is 3. The molecular weight excluding hydrogens is 256 g/mol. The second-order valence-electron chi connectivity index (χ2n) is 4.69. The predicted molar refractivity (Wildman–Crippen MR) is 77.9 cm³/mol. The molecule has 0 atom stereocenters. The Labute approximate surface area is 117 Å². The highest BCUT2D eigenvalue weighted by Crippen LogP contribution is 2.32. The molecule has 2 aromatic rings. The van der Waals surface area contributed by atoms with E-state index in [1.54, 1.807) is 7.05 Å². The van der Waals surface area contributed by atoms with Crippen LogP contribution in [0.5, 0.6) is 0 Å². The Morgan fingerprint density at radius 2 is 1.80 bits per heavy atom. The molecular formula is C14H16N4O2. The Bertz CT molecular complexity index is 683. The van der Waals surface area contributed by atoms with Gasteiger partial charge >= 0.3 is 5.69 Å². The summed E-state index contributed by atoms with van der Waals surface area (Å²) in [4.78, 5) is 18.9. The average molecular weight is 272 g/mol. The number of anilines is 1. The summed E-state index contributed by atoms with van der Waals surface area (Å²) in [5.41, 5.74) is 4.20. The number of nitrogens with zero attached hydrogens (tertiary/aromatic N) is 3. The molecule has 1 aromatic heterocycles. The van der Waals surface area contributed by atoms with Crippen molar-refractivity contribution in [1.82, 2.24) is 9.97 Å². The van der Waals surface area contributed by atoms with E-state index >= 15 is 0 Å². The SMILES string of the molecule is CNc1ncc([N+](=O)[O-])c(-c2cc(C)c(C)cc2C)n1. The molecule has 2 rings (SSSR count). The first-order valence-corrected chi connectivity index (χ1v) is 6.21. The predicted octanol–water partition coefficient (Wildman–Crippen LogP) is 3.02. The third kappa shape index (κ3) is 2.45. The molecule has 1 heterocycles. The van der Waals surface area contributed by atoms with Crippen molar-refractivity contribution in [2.45, 2.75) is 20.8 Å². The third-order valence-corrected chi connectivity index (χ3v) is 3.29. The van der Waals surface area contributed by atoms with Gasteiger partial charge in [-0.25, -0.2) is 9.97 Å². The van der Waals surface area contributed by atoms with Gasteiger partial charge in [0.25, 0.3) is 0 Å². The van der Waals surface area contributed by atoms with Crippen LogP contribution in [0.2, 0.25) is 0 Å². The van der Waals surface area contributed by atoms with E-state index in [4.69, 9.17) is 0 Å². The smallest absolute Gasteiger partial charge is 0.313 e. The molecule has 0 bridgehead atoms. The molecule has 0 saturated heterocycles. The summed E-state index contributed by atoms with van der Waals surface area (Å²) in [6, 6.07) is 3.94. The lowest BCUT2D eigenvalue weighted by Crippen LogP contribution is -2.02. The molecule has 0 amide bonds. The van der Waals surface area contributed by atoms with Crippen molar-refractivity contribution in [3.63, 3.8) is 0 Å². The molecule has 0 aliphatic carbocycles. The molecule has 0 unspecified atom stereocenters. The Morgan fingerprint density at radius 1 is 1.15 bits per heavy atom. The van der Waals surface area contributed by atoms with E-state index in [0.29, 0.717) is 11.6 Å². The van der Waals surface area contributed by atoms with Gasteiger partial charge in [-0.1, -0.05) is 6.07 Å². The average Bonchev–Trinajstić information content (AvgIpc) is 2.42. The molecule has 20 heavy (non-hydrogen) atoms. The normalized spacial score (nSPS) is 10.4. The fourth-order valence-corrected chi connectivity index (χ4v) is 2.04. The van der Waals surface area contributed by atoms with Crippen molar-refractivity contribution in [2.75, 3.05) is 12.4 Å². The second-order valence-corrected chi connectivity index (χ2v) is 4.69. The Hall–Kier alpha value is -2.50. The summed E-state index contributed by atoms with van der Waals surface area (Å²) in [6.07, 6.45) is 1.24. The quantitative estimate of drug-likeness (QED) is 0.686. The zero-order chi connectivity index (χ0) is 14.9. The van der Waals surface area contributed by atoms with Crippen LogP contribution in [0.4, 0.5) is 11.6 Å². The van der Waals surface area contributed by atoms with Crippen LogP contribution in [-0.2, 0) is 0 Å². The lowest BCUT2D eigenvalue weighted by atomic mass is 9.98. The van der Waals surface area contributed by atoms with Crippen LogP contribution in [0.25, 0.3) is 11.3 Å². The number of rotatable bonds is 3. The van der Waals surface area contributed by atoms with Gasteiger partial charge < -0.3 is 5.32 Å². The monoisotopic (exact) mass is 272 g/mol. The van der Waals surface area contributed by atoms with E-state index in [-0.39, 0.29) is 5.69 Å². The van der Waals surface area contributed by atoms with Crippen LogP contribution in [0.15, 0.2) is 18.3 Å². The van der Waals surface area contributed by atoms with E-state index < -0.39 is 4.92 Å². The number of aromatic nitrogens is 2. The van der Waals surface area contributed by atoms with Crippen molar-refractivity contribution in [3.8, 4) is 11.3 Å². The lowest BCUT2D eigenvalue weighted by molar-refractivity contribution is -0.384. The van der Waals surface area contributed by atoms with Crippen LogP contribution < -0.4 is 5.32 Å². The van der Waals surface area contributed by atoms with Crippen molar-refractivity contribution >= 4 is 11.6 Å². The third-order valence-electron chi connectivity index (χ3n) is 3.29. The Morgan fingerprint density at radius 3 is 2.40 bits per heavy atom. The number of benzene rings is 1. The highest BCUT2D eigenvalue weighted by Gasteiger charge is 2.20. The first-order valence-electron chi connectivity index (χ1n) is 6.21. The lowest BCUT2D eigenvalue weighted by Gasteiger charge is -2.10. The van der Waals surface area contributed by atoms with Crippen molar-refractivity contribution in [3.05, 3.63) is 45.1 Å². The molecule has 1 aromatic carbocycles. The maximum Gasteiger partial charge on any atom is 0.313 e. The van der Waals surface area contributed by atoms with Gasteiger partial charge in [-0.3, -0.25) is 10.1 Å². The fourth-order valence-electron chi connectivity index (χ4n) is 2.04. The molecule has 0 saturated carbocycles. The van der Waals surface area contributed by atoms with Gasteiger partial charge in [0.05, 0.1) is 4.92 Å². The first-order chi connectivity index (χ1) is 9.43. The van der Waals surface area contributed by atoms with Crippen LogP contribution in [0.3, 0.4) is 0 Å². The molecule has 6 nitrogen and oxygen atoms in total. The summed E-state index contributed by atoms with van der Waals surface area (Å²) in [7, 11) is 1.68. The number of nitro groups is 1. The van der Waals surface area contributed by atoms with Gasteiger partial charge in [-0.2, -0.15) is 0 Å². The van der Waals surface area contributed by atoms with Gasteiger partial charge in [0, 0.05) is 12.6 Å². The summed E-state index contributed by atoms with van der Waals surface area (Å²) in [5.74, 6) is 0.364. The van der Waals surface area contributed by atoms with E-state index in [2.05, 4.69) is 15.3 Å².